The summed E-state index contributed by atoms with van der Waals surface area (Å²) in [5.41, 5.74) is 0.999. The SMILES string of the molecule is O=[N+]([O-])c1ccc(NCCCN2CCNCC2)c(Br)c1. The molecule has 1 aromatic carbocycles. The smallest absolute Gasteiger partial charge is 0.270 e. The Morgan fingerprint density at radius 3 is 2.80 bits per heavy atom. The molecule has 0 aromatic heterocycles. The maximum atomic E-state index is 10.7. The van der Waals surface area contributed by atoms with Gasteiger partial charge in [-0.3, -0.25) is 10.1 Å². The van der Waals surface area contributed by atoms with Crippen molar-refractivity contribution in [1.29, 1.82) is 0 Å². The minimum Gasteiger partial charge on any atom is -0.384 e. The van der Waals surface area contributed by atoms with Crippen LogP contribution in [0.5, 0.6) is 0 Å². The summed E-state index contributed by atoms with van der Waals surface area (Å²) in [5, 5.41) is 17.3. The van der Waals surface area contributed by atoms with Gasteiger partial charge in [0.05, 0.1) is 4.92 Å². The summed E-state index contributed by atoms with van der Waals surface area (Å²) in [6, 6.07) is 4.79. The van der Waals surface area contributed by atoms with E-state index < -0.39 is 0 Å². The van der Waals surface area contributed by atoms with E-state index in [4.69, 9.17) is 0 Å². The standard InChI is InChI=1S/C13H19BrN4O2/c14-12-10-11(18(19)20)2-3-13(12)16-4-1-7-17-8-5-15-6-9-17/h2-3,10,15-16H,1,4-9H2. The Balaban J connectivity index is 1.74. The van der Waals surface area contributed by atoms with Crippen LogP contribution in [0.2, 0.25) is 0 Å². The number of nitro groups is 1. The highest BCUT2D eigenvalue weighted by molar-refractivity contribution is 9.10. The van der Waals surface area contributed by atoms with Crippen molar-refractivity contribution in [3.63, 3.8) is 0 Å². The monoisotopic (exact) mass is 342 g/mol. The molecule has 20 heavy (non-hydrogen) atoms. The third-order valence-corrected chi connectivity index (χ3v) is 4.00. The van der Waals surface area contributed by atoms with Gasteiger partial charge < -0.3 is 15.5 Å². The fourth-order valence-electron chi connectivity index (χ4n) is 2.22. The van der Waals surface area contributed by atoms with Gasteiger partial charge >= 0.3 is 0 Å². The van der Waals surface area contributed by atoms with Crippen LogP contribution in [-0.2, 0) is 0 Å². The van der Waals surface area contributed by atoms with Crippen LogP contribution in [0, 0.1) is 10.1 Å². The third-order valence-electron chi connectivity index (χ3n) is 3.34. The highest BCUT2D eigenvalue weighted by atomic mass is 79.9. The normalized spacial score (nSPS) is 16.1. The van der Waals surface area contributed by atoms with Crippen molar-refractivity contribution in [2.24, 2.45) is 0 Å². The summed E-state index contributed by atoms with van der Waals surface area (Å²) in [6.07, 6.45) is 1.06. The number of non-ortho nitro benzene ring substituents is 1. The second kappa shape index (κ2) is 7.56. The molecule has 0 spiro atoms. The van der Waals surface area contributed by atoms with Crippen LogP contribution >= 0.6 is 15.9 Å². The van der Waals surface area contributed by atoms with Crippen LogP contribution in [-0.4, -0.2) is 49.1 Å². The third kappa shape index (κ3) is 4.43. The van der Waals surface area contributed by atoms with Gasteiger partial charge in [0, 0.05) is 55.0 Å². The molecule has 0 saturated carbocycles. The van der Waals surface area contributed by atoms with Gasteiger partial charge in [-0.25, -0.2) is 0 Å². The Kier molecular flexibility index (Phi) is 5.75. The molecule has 110 valence electrons. The molecule has 1 aliphatic rings. The van der Waals surface area contributed by atoms with E-state index in [1.807, 2.05) is 0 Å². The number of halogens is 1. The highest BCUT2D eigenvalue weighted by Gasteiger charge is 2.10. The largest absolute Gasteiger partial charge is 0.384 e. The maximum absolute atomic E-state index is 10.7. The predicted octanol–water partition coefficient (Wildman–Crippen LogP) is 2.06. The van der Waals surface area contributed by atoms with Crippen molar-refractivity contribution in [2.75, 3.05) is 44.6 Å². The van der Waals surface area contributed by atoms with Crippen molar-refractivity contribution in [3.05, 3.63) is 32.8 Å². The van der Waals surface area contributed by atoms with E-state index in [1.165, 1.54) is 12.1 Å². The topological polar surface area (TPSA) is 70.4 Å². The summed E-state index contributed by atoms with van der Waals surface area (Å²) in [6.45, 7) is 6.31. The van der Waals surface area contributed by atoms with Crippen molar-refractivity contribution in [3.8, 4) is 0 Å². The molecule has 1 saturated heterocycles. The van der Waals surface area contributed by atoms with Gasteiger partial charge in [-0.2, -0.15) is 0 Å². The summed E-state index contributed by atoms with van der Waals surface area (Å²) >= 11 is 3.36. The van der Waals surface area contributed by atoms with Crippen LogP contribution in [0.4, 0.5) is 11.4 Å². The van der Waals surface area contributed by atoms with Crippen molar-refractivity contribution in [2.45, 2.75) is 6.42 Å². The van der Waals surface area contributed by atoms with Gasteiger partial charge in [-0.15, -0.1) is 0 Å². The molecule has 0 bridgehead atoms. The Morgan fingerprint density at radius 2 is 2.15 bits per heavy atom. The Bertz CT molecular complexity index is 464. The lowest BCUT2D eigenvalue weighted by atomic mass is 10.2. The highest BCUT2D eigenvalue weighted by Crippen LogP contribution is 2.26. The first kappa shape index (κ1) is 15.2. The van der Waals surface area contributed by atoms with Crippen LogP contribution in [0.1, 0.15) is 6.42 Å². The molecule has 0 amide bonds. The second-order valence-corrected chi connectivity index (χ2v) is 5.65. The fourth-order valence-corrected chi connectivity index (χ4v) is 2.73. The van der Waals surface area contributed by atoms with E-state index in [0.29, 0.717) is 0 Å². The van der Waals surface area contributed by atoms with Gasteiger partial charge in [0.1, 0.15) is 0 Å². The molecule has 0 radical (unpaired) electrons. The number of anilines is 1. The summed E-state index contributed by atoms with van der Waals surface area (Å²) in [7, 11) is 0. The molecule has 1 aromatic rings. The minimum atomic E-state index is -0.390. The number of hydrogen-bond donors (Lipinski definition) is 2. The first-order valence-corrected chi connectivity index (χ1v) is 7.57. The molecule has 1 heterocycles. The zero-order valence-corrected chi connectivity index (χ0v) is 12.9. The average molecular weight is 343 g/mol. The lowest BCUT2D eigenvalue weighted by Gasteiger charge is -2.27. The van der Waals surface area contributed by atoms with Gasteiger partial charge in [-0.05, 0) is 35.0 Å². The number of piperazine rings is 1. The van der Waals surface area contributed by atoms with Crippen LogP contribution < -0.4 is 10.6 Å². The van der Waals surface area contributed by atoms with Crippen molar-refractivity contribution >= 4 is 27.3 Å². The van der Waals surface area contributed by atoms with Gasteiger partial charge in [0.2, 0.25) is 0 Å². The number of nitrogens with one attached hydrogen (secondary N) is 2. The molecule has 6 nitrogen and oxygen atoms in total. The average Bonchev–Trinajstić information content (AvgIpc) is 2.46. The number of hydrogen-bond acceptors (Lipinski definition) is 5. The second-order valence-electron chi connectivity index (χ2n) is 4.79. The van der Waals surface area contributed by atoms with Crippen molar-refractivity contribution < 1.29 is 4.92 Å². The van der Waals surface area contributed by atoms with Crippen molar-refractivity contribution in [1.82, 2.24) is 10.2 Å². The maximum Gasteiger partial charge on any atom is 0.270 e. The van der Waals surface area contributed by atoms with E-state index in [9.17, 15) is 10.1 Å². The molecule has 2 N–H and O–H groups in total. The minimum absolute atomic E-state index is 0.100. The van der Waals surface area contributed by atoms with Gasteiger partial charge in [-0.1, -0.05) is 0 Å². The molecular formula is C13H19BrN4O2. The van der Waals surface area contributed by atoms with E-state index in [0.717, 1.165) is 55.8 Å². The fraction of sp³-hybridized carbons (Fsp3) is 0.538. The molecule has 0 unspecified atom stereocenters. The molecule has 0 aliphatic carbocycles. The molecule has 0 atom stereocenters. The molecule has 2 rings (SSSR count). The number of nitro benzene ring substituents is 1. The van der Waals surface area contributed by atoms with Crippen LogP contribution in [0.15, 0.2) is 22.7 Å². The Morgan fingerprint density at radius 1 is 1.40 bits per heavy atom. The number of benzene rings is 1. The zero-order chi connectivity index (χ0) is 14.4. The Hall–Kier alpha value is -1.18. The Labute approximate surface area is 126 Å². The zero-order valence-electron chi connectivity index (χ0n) is 11.3. The number of rotatable bonds is 6. The van der Waals surface area contributed by atoms with Crippen LogP contribution in [0.3, 0.4) is 0 Å². The first-order valence-electron chi connectivity index (χ1n) is 6.78. The van der Waals surface area contributed by atoms with E-state index in [1.54, 1.807) is 6.07 Å². The molecule has 1 aliphatic heterocycles. The summed E-state index contributed by atoms with van der Waals surface area (Å²) in [5.74, 6) is 0. The van der Waals surface area contributed by atoms with Gasteiger partial charge in [0.15, 0.2) is 0 Å². The summed E-state index contributed by atoms with van der Waals surface area (Å²) < 4.78 is 0.730. The lowest BCUT2D eigenvalue weighted by Crippen LogP contribution is -2.44. The summed E-state index contributed by atoms with van der Waals surface area (Å²) in [4.78, 5) is 12.7. The lowest BCUT2D eigenvalue weighted by molar-refractivity contribution is -0.384. The molecular weight excluding hydrogens is 324 g/mol. The van der Waals surface area contributed by atoms with Gasteiger partial charge in [0.25, 0.3) is 5.69 Å². The van der Waals surface area contributed by atoms with E-state index >= 15 is 0 Å². The number of nitrogens with zero attached hydrogens (tertiary/aromatic N) is 2. The first-order chi connectivity index (χ1) is 9.66. The van der Waals surface area contributed by atoms with Crippen LogP contribution in [0.25, 0.3) is 0 Å². The molecule has 7 heteroatoms. The van der Waals surface area contributed by atoms with E-state index in [-0.39, 0.29) is 10.6 Å². The molecule has 1 fully saturated rings. The predicted molar refractivity (Wildman–Crippen MR) is 83.2 cm³/mol. The van der Waals surface area contributed by atoms with E-state index in [2.05, 4.69) is 31.5 Å². The quantitative estimate of drug-likeness (QED) is 0.470.